The summed E-state index contributed by atoms with van der Waals surface area (Å²) in [6.07, 6.45) is 2.07. The van der Waals surface area contributed by atoms with E-state index in [2.05, 4.69) is 33.6 Å². The molecule has 4 heterocycles. The maximum Gasteiger partial charge on any atom is 0.270 e. The van der Waals surface area contributed by atoms with E-state index < -0.39 is 0 Å². The third kappa shape index (κ3) is 3.51. The maximum atomic E-state index is 12.0. The SMILES string of the molecule is Cc1ccsc1CN1CC2(C1)OCCC2CCNC(=O)c1cscn1. The highest BCUT2D eigenvalue weighted by atomic mass is 32.1. The van der Waals surface area contributed by atoms with Gasteiger partial charge in [0, 0.05) is 43.0 Å². The molecule has 0 radical (unpaired) electrons. The third-order valence-corrected chi connectivity index (χ3v) is 6.96. The molecule has 2 saturated heterocycles. The molecule has 0 bridgehead atoms. The van der Waals surface area contributed by atoms with Crippen molar-refractivity contribution in [1.29, 1.82) is 0 Å². The highest BCUT2D eigenvalue weighted by Gasteiger charge is 2.52. The molecular formula is C18H23N3O2S2. The average Bonchev–Trinajstić information content (AvgIpc) is 3.29. The van der Waals surface area contributed by atoms with Gasteiger partial charge >= 0.3 is 0 Å². The summed E-state index contributed by atoms with van der Waals surface area (Å²) < 4.78 is 6.14. The first-order valence-electron chi connectivity index (χ1n) is 8.72. The number of hydrogen-bond donors (Lipinski definition) is 1. The van der Waals surface area contributed by atoms with Crippen LogP contribution in [0, 0.1) is 12.8 Å². The van der Waals surface area contributed by atoms with Crippen molar-refractivity contribution in [1.82, 2.24) is 15.2 Å². The molecular weight excluding hydrogens is 354 g/mol. The number of rotatable bonds is 6. The number of ether oxygens (including phenoxy) is 1. The van der Waals surface area contributed by atoms with Gasteiger partial charge in [-0.1, -0.05) is 0 Å². The second kappa shape index (κ2) is 7.15. The Kier molecular flexibility index (Phi) is 4.90. The van der Waals surface area contributed by atoms with Crippen LogP contribution in [0.2, 0.25) is 0 Å². The van der Waals surface area contributed by atoms with Crippen LogP contribution in [0.5, 0.6) is 0 Å². The lowest BCUT2D eigenvalue weighted by Gasteiger charge is -2.50. The minimum Gasteiger partial charge on any atom is -0.372 e. The number of aryl methyl sites for hydroxylation is 1. The Morgan fingerprint density at radius 1 is 1.52 bits per heavy atom. The molecule has 0 aliphatic carbocycles. The average molecular weight is 378 g/mol. The lowest BCUT2D eigenvalue weighted by atomic mass is 9.79. The number of aromatic nitrogens is 1. The van der Waals surface area contributed by atoms with Gasteiger partial charge in [-0.05, 0) is 42.7 Å². The molecule has 1 spiro atoms. The molecule has 5 nitrogen and oxygen atoms in total. The highest BCUT2D eigenvalue weighted by molar-refractivity contribution is 7.10. The quantitative estimate of drug-likeness (QED) is 0.841. The first-order valence-corrected chi connectivity index (χ1v) is 10.5. The molecule has 2 aromatic rings. The second-order valence-electron chi connectivity index (χ2n) is 6.99. The maximum absolute atomic E-state index is 12.0. The van der Waals surface area contributed by atoms with Gasteiger partial charge in [0.15, 0.2) is 0 Å². The Bertz CT molecular complexity index is 723. The molecule has 4 rings (SSSR count). The molecule has 1 amide bonds. The molecule has 0 aromatic carbocycles. The van der Waals surface area contributed by atoms with Crippen molar-refractivity contribution in [3.63, 3.8) is 0 Å². The van der Waals surface area contributed by atoms with Crippen LogP contribution in [-0.2, 0) is 11.3 Å². The van der Waals surface area contributed by atoms with E-state index in [1.165, 1.54) is 21.8 Å². The minimum atomic E-state index is -0.0716. The van der Waals surface area contributed by atoms with E-state index in [0.717, 1.165) is 39.1 Å². The standard InChI is InChI=1S/C18H23N3O2S2/c1-13-4-7-25-16(13)8-21-10-18(11-21)14(3-6-23-18)2-5-19-17(22)15-9-24-12-20-15/h4,7,9,12,14H,2-3,5-6,8,10-11H2,1H3,(H,19,22). The fraction of sp³-hybridized carbons (Fsp3) is 0.556. The summed E-state index contributed by atoms with van der Waals surface area (Å²) in [7, 11) is 0. The van der Waals surface area contributed by atoms with E-state index in [1.807, 2.05) is 11.3 Å². The van der Waals surface area contributed by atoms with Crippen molar-refractivity contribution in [3.8, 4) is 0 Å². The summed E-state index contributed by atoms with van der Waals surface area (Å²) in [5, 5.41) is 6.94. The van der Waals surface area contributed by atoms with Crippen molar-refractivity contribution in [2.45, 2.75) is 31.9 Å². The summed E-state index contributed by atoms with van der Waals surface area (Å²) in [5.74, 6) is 0.460. The Balaban J connectivity index is 1.26. The van der Waals surface area contributed by atoms with E-state index in [1.54, 1.807) is 10.9 Å². The molecule has 134 valence electrons. The van der Waals surface area contributed by atoms with Gasteiger partial charge in [-0.15, -0.1) is 22.7 Å². The van der Waals surface area contributed by atoms with Crippen molar-refractivity contribution < 1.29 is 9.53 Å². The van der Waals surface area contributed by atoms with E-state index >= 15 is 0 Å². The number of carbonyl (C=O) groups is 1. The van der Waals surface area contributed by atoms with Crippen LogP contribution < -0.4 is 5.32 Å². The number of nitrogens with one attached hydrogen (secondary N) is 1. The highest BCUT2D eigenvalue weighted by Crippen LogP contribution is 2.42. The summed E-state index contributed by atoms with van der Waals surface area (Å²) >= 11 is 3.28. The number of amides is 1. The summed E-state index contributed by atoms with van der Waals surface area (Å²) in [5.41, 5.74) is 3.60. The van der Waals surface area contributed by atoms with E-state index in [-0.39, 0.29) is 11.5 Å². The predicted molar refractivity (Wildman–Crippen MR) is 100 cm³/mol. The Hall–Kier alpha value is -1.28. The van der Waals surface area contributed by atoms with Gasteiger partial charge in [-0.25, -0.2) is 4.98 Å². The number of nitrogens with zero attached hydrogens (tertiary/aromatic N) is 2. The van der Waals surface area contributed by atoms with Crippen molar-refractivity contribution in [2.75, 3.05) is 26.2 Å². The van der Waals surface area contributed by atoms with Crippen LogP contribution in [0.4, 0.5) is 0 Å². The van der Waals surface area contributed by atoms with Crippen LogP contribution in [-0.4, -0.2) is 47.6 Å². The van der Waals surface area contributed by atoms with Crippen LogP contribution in [0.25, 0.3) is 0 Å². The van der Waals surface area contributed by atoms with Gasteiger partial charge in [0.05, 0.1) is 11.1 Å². The van der Waals surface area contributed by atoms with Crippen LogP contribution in [0.1, 0.15) is 33.8 Å². The monoisotopic (exact) mass is 377 g/mol. The first kappa shape index (κ1) is 17.1. The zero-order chi connectivity index (χ0) is 17.3. The topological polar surface area (TPSA) is 54.5 Å². The zero-order valence-corrected chi connectivity index (χ0v) is 16.0. The largest absolute Gasteiger partial charge is 0.372 e. The fourth-order valence-electron chi connectivity index (χ4n) is 3.91. The minimum absolute atomic E-state index is 0.0104. The lowest BCUT2D eigenvalue weighted by molar-refractivity contribution is -0.136. The van der Waals surface area contributed by atoms with Crippen LogP contribution in [0.15, 0.2) is 22.3 Å². The number of likely N-dealkylation sites (tertiary alicyclic amines) is 1. The molecule has 7 heteroatoms. The molecule has 2 aliphatic rings. The fourth-order valence-corrected chi connectivity index (χ4v) is 5.39. The van der Waals surface area contributed by atoms with Crippen molar-refractivity contribution in [2.24, 2.45) is 5.92 Å². The Morgan fingerprint density at radius 2 is 2.40 bits per heavy atom. The number of thiazole rings is 1. The first-order chi connectivity index (χ1) is 12.2. The van der Waals surface area contributed by atoms with Gasteiger partial charge < -0.3 is 10.1 Å². The number of hydrogen-bond acceptors (Lipinski definition) is 6. The van der Waals surface area contributed by atoms with E-state index in [4.69, 9.17) is 4.74 Å². The van der Waals surface area contributed by atoms with Crippen molar-refractivity contribution >= 4 is 28.6 Å². The van der Waals surface area contributed by atoms with Crippen molar-refractivity contribution in [3.05, 3.63) is 38.5 Å². The van der Waals surface area contributed by atoms with Gasteiger partial charge in [0.25, 0.3) is 5.91 Å². The molecule has 1 unspecified atom stereocenters. The normalized spacial score (nSPS) is 22.2. The molecule has 2 aromatic heterocycles. The Labute approximate surface area is 156 Å². The number of carbonyl (C=O) groups excluding carboxylic acids is 1. The predicted octanol–water partition coefficient (Wildman–Crippen LogP) is 2.92. The molecule has 2 aliphatic heterocycles. The summed E-state index contributed by atoms with van der Waals surface area (Å²) in [6, 6.07) is 2.19. The zero-order valence-electron chi connectivity index (χ0n) is 14.4. The van der Waals surface area contributed by atoms with Gasteiger partial charge in [0.1, 0.15) is 5.69 Å². The molecule has 1 atom stereocenters. The number of thiophene rings is 1. The van der Waals surface area contributed by atoms with Gasteiger partial charge in [-0.2, -0.15) is 0 Å². The Morgan fingerprint density at radius 3 is 3.12 bits per heavy atom. The third-order valence-electron chi connectivity index (χ3n) is 5.36. The van der Waals surface area contributed by atoms with Gasteiger partial charge in [-0.3, -0.25) is 9.69 Å². The van der Waals surface area contributed by atoms with Gasteiger partial charge in [0.2, 0.25) is 0 Å². The molecule has 0 saturated carbocycles. The molecule has 2 fully saturated rings. The van der Waals surface area contributed by atoms with E-state index in [0.29, 0.717) is 18.2 Å². The smallest absolute Gasteiger partial charge is 0.270 e. The van der Waals surface area contributed by atoms with Crippen LogP contribution in [0.3, 0.4) is 0 Å². The molecule has 25 heavy (non-hydrogen) atoms. The van der Waals surface area contributed by atoms with Crippen LogP contribution >= 0.6 is 22.7 Å². The summed E-state index contributed by atoms with van der Waals surface area (Å²) in [4.78, 5) is 20.0. The van der Waals surface area contributed by atoms with E-state index in [9.17, 15) is 4.79 Å². The summed E-state index contributed by atoms with van der Waals surface area (Å²) in [6.45, 7) is 6.76. The second-order valence-corrected chi connectivity index (χ2v) is 8.71. The lowest BCUT2D eigenvalue weighted by Crippen LogP contribution is -2.64. The molecule has 1 N–H and O–H groups in total.